The molecule has 2 aromatic rings. The van der Waals surface area contributed by atoms with Crippen LogP contribution < -0.4 is 5.32 Å². The molecule has 0 radical (unpaired) electrons. The van der Waals surface area contributed by atoms with Crippen molar-refractivity contribution in [3.05, 3.63) is 59.2 Å². The maximum Gasteiger partial charge on any atom is 0.132 e. The van der Waals surface area contributed by atoms with Crippen LogP contribution in [-0.4, -0.2) is 16.0 Å². The minimum Gasteiger partial charge on any atom is -0.310 e. The summed E-state index contributed by atoms with van der Waals surface area (Å²) in [5.74, 6) is 0.888. The Bertz CT molecular complexity index is 527. The van der Waals surface area contributed by atoms with Crippen LogP contribution in [0.3, 0.4) is 0 Å². The molecule has 0 spiro atoms. The van der Waals surface area contributed by atoms with Crippen LogP contribution in [0.25, 0.3) is 0 Å². The van der Waals surface area contributed by atoms with Crippen LogP contribution in [0, 0.1) is 6.92 Å². The van der Waals surface area contributed by atoms with E-state index in [1.165, 1.54) is 29.5 Å². The molecule has 0 atom stereocenters. The van der Waals surface area contributed by atoms with E-state index in [1.54, 1.807) is 0 Å². The van der Waals surface area contributed by atoms with Crippen molar-refractivity contribution >= 4 is 0 Å². The smallest absolute Gasteiger partial charge is 0.132 e. The Hall–Kier alpha value is -1.74. The Kier molecular flexibility index (Phi) is 3.56. The third-order valence-electron chi connectivity index (χ3n) is 3.41. The van der Waals surface area contributed by atoms with E-state index in [4.69, 9.17) is 0 Å². The van der Waals surface area contributed by atoms with Gasteiger partial charge in [0.15, 0.2) is 0 Å². The van der Waals surface area contributed by atoms with Gasteiger partial charge in [0.25, 0.3) is 0 Å². The highest BCUT2D eigenvalue weighted by Gasteiger charge is 2.19. The molecule has 1 aromatic carbocycles. The third kappa shape index (κ3) is 3.61. The zero-order chi connectivity index (χ0) is 13.1. The molecule has 3 rings (SSSR count). The van der Waals surface area contributed by atoms with Crippen LogP contribution in [0.2, 0.25) is 0 Å². The molecule has 1 heterocycles. The van der Waals surface area contributed by atoms with Gasteiger partial charge in [0.1, 0.15) is 5.82 Å². The highest BCUT2D eigenvalue weighted by molar-refractivity contribution is 5.24. The van der Waals surface area contributed by atoms with Crippen LogP contribution in [-0.2, 0) is 13.0 Å². The van der Waals surface area contributed by atoms with Gasteiger partial charge < -0.3 is 5.32 Å². The zero-order valence-corrected chi connectivity index (χ0v) is 11.3. The lowest BCUT2D eigenvalue weighted by molar-refractivity contribution is 0.681. The van der Waals surface area contributed by atoms with Gasteiger partial charge in [0, 0.05) is 37.0 Å². The summed E-state index contributed by atoms with van der Waals surface area (Å²) in [5.41, 5.74) is 3.71. The number of benzene rings is 1. The van der Waals surface area contributed by atoms with Crippen molar-refractivity contribution in [2.24, 2.45) is 0 Å². The number of hydrogen-bond acceptors (Lipinski definition) is 3. The lowest BCUT2D eigenvalue weighted by Crippen LogP contribution is -2.15. The molecular weight excluding hydrogens is 234 g/mol. The summed E-state index contributed by atoms with van der Waals surface area (Å²) in [6.45, 7) is 2.98. The Morgan fingerprint density at radius 1 is 1.05 bits per heavy atom. The summed E-state index contributed by atoms with van der Waals surface area (Å²) in [4.78, 5) is 8.89. The molecule has 98 valence electrons. The lowest BCUT2D eigenvalue weighted by Gasteiger charge is -2.04. The summed E-state index contributed by atoms with van der Waals surface area (Å²) >= 11 is 0. The lowest BCUT2D eigenvalue weighted by atomic mass is 10.1. The number of nitrogens with zero attached hydrogens (tertiary/aromatic N) is 2. The van der Waals surface area contributed by atoms with Crippen molar-refractivity contribution in [1.82, 2.24) is 15.3 Å². The number of nitrogens with one attached hydrogen (secondary N) is 1. The Morgan fingerprint density at radius 3 is 2.37 bits per heavy atom. The van der Waals surface area contributed by atoms with Crippen molar-refractivity contribution in [3.63, 3.8) is 0 Å². The summed E-state index contributed by atoms with van der Waals surface area (Å²) in [7, 11) is 0. The first-order valence-electron chi connectivity index (χ1n) is 6.88. The molecular formula is C16H19N3. The molecule has 1 saturated carbocycles. The van der Waals surface area contributed by atoms with Gasteiger partial charge in [-0.3, -0.25) is 0 Å². The van der Waals surface area contributed by atoms with Crippen molar-refractivity contribution in [1.29, 1.82) is 0 Å². The largest absolute Gasteiger partial charge is 0.310 e. The first-order valence-corrected chi connectivity index (χ1v) is 6.88. The van der Waals surface area contributed by atoms with Crippen LogP contribution in [0.4, 0.5) is 0 Å². The van der Waals surface area contributed by atoms with Crippen molar-refractivity contribution in [2.45, 2.75) is 38.8 Å². The SMILES string of the molecule is Cc1ccc(Cc2ncc(CNC3CC3)cn2)cc1. The van der Waals surface area contributed by atoms with Crippen LogP contribution >= 0.6 is 0 Å². The van der Waals surface area contributed by atoms with Gasteiger partial charge in [-0.15, -0.1) is 0 Å². The maximum absolute atomic E-state index is 4.44. The molecule has 1 N–H and O–H groups in total. The quantitative estimate of drug-likeness (QED) is 0.890. The topological polar surface area (TPSA) is 37.8 Å². The van der Waals surface area contributed by atoms with E-state index in [9.17, 15) is 0 Å². The second-order valence-electron chi connectivity index (χ2n) is 5.33. The number of aromatic nitrogens is 2. The van der Waals surface area contributed by atoms with Crippen LogP contribution in [0.1, 0.15) is 35.4 Å². The second-order valence-corrected chi connectivity index (χ2v) is 5.33. The van der Waals surface area contributed by atoms with E-state index >= 15 is 0 Å². The fourth-order valence-electron chi connectivity index (χ4n) is 2.00. The van der Waals surface area contributed by atoms with Gasteiger partial charge in [0.05, 0.1) is 0 Å². The normalized spacial score (nSPS) is 14.6. The fourth-order valence-corrected chi connectivity index (χ4v) is 2.00. The van der Waals surface area contributed by atoms with Gasteiger partial charge in [0.2, 0.25) is 0 Å². The molecule has 1 fully saturated rings. The second kappa shape index (κ2) is 5.49. The average Bonchev–Trinajstić information content (AvgIpc) is 3.25. The highest BCUT2D eigenvalue weighted by Crippen LogP contribution is 2.19. The third-order valence-corrected chi connectivity index (χ3v) is 3.41. The van der Waals surface area contributed by atoms with Crippen molar-refractivity contribution in [2.75, 3.05) is 0 Å². The molecule has 1 aliphatic rings. The minimum atomic E-state index is 0.729. The molecule has 3 nitrogen and oxygen atoms in total. The van der Waals surface area contributed by atoms with Gasteiger partial charge in [-0.1, -0.05) is 29.8 Å². The summed E-state index contributed by atoms with van der Waals surface area (Å²) < 4.78 is 0. The summed E-state index contributed by atoms with van der Waals surface area (Å²) in [5, 5.41) is 3.47. The van der Waals surface area contributed by atoms with E-state index in [0.717, 1.165) is 24.8 Å². The summed E-state index contributed by atoms with van der Waals surface area (Å²) in [6.07, 6.45) is 7.30. The molecule has 3 heteroatoms. The Labute approximate surface area is 114 Å². The highest BCUT2D eigenvalue weighted by atomic mass is 15.0. The molecule has 1 aromatic heterocycles. The van der Waals surface area contributed by atoms with Gasteiger partial charge in [-0.2, -0.15) is 0 Å². The number of rotatable bonds is 5. The number of aryl methyl sites for hydroxylation is 1. The zero-order valence-electron chi connectivity index (χ0n) is 11.3. The molecule has 0 bridgehead atoms. The standard InChI is InChI=1S/C16H19N3/c1-12-2-4-13(5-3-12)8-16-18-10-14(11-19-16)9-17-15-6-7-15/h2-5,10-11,15,17H,6-9H2,1H3. The molecule has 0 unspecified atom stereocenters. The van der Waals surface area contributed by atoms with Gasteiger partial charge in [-0.25, -0.2) is 9.97 Å². The molecule has 0 amide bonds. The Morgan fingerprint density at radius 2 is 1.74 bits per heavy atom. The first kappa shape index (κ1) is 12.3. The van der Waals surface area contributed by atoms with Gasteiger partial charge in [-0.05, 0) is 25.3 Å². The van der Waals surface area contributed by atoms with Crippen LogP contribution in [0.15, 0.2) is 36.7 Å². The monoisotopic (exact) mass is 253 g/mol. The average molecular weight is 253 g/mol. The van der Waals surface area contributed by atoms with Crippen molar-refractivity contribution < 1.29 is 0 Å². The van der Waals surface area contributed by atoms with Crippen molar-refractivity contribution in [3.8, 4) is 0 Å². The van der Waals surface area contributed by atoms with E-state index in [0.29, 0.717) is 0 Å². The minimum absolute atomic E-state index is 0.729. The predicted octanol–water partition coefficient (Wildman–Crippen LogP) is 2.63. The van der Waals surface area contributed by atoms with E-state index in [1.807, 2.05) is 12.4 Å². The van der Waals surface area contributed by atoms with E-state index in [2.05, 4.69) is 46.5 Å². The van der Waals surface area contributed by atoms with Crippen LogP contribution in [0.5, 0.6) is 0 Å². The van der Waals surface area contributed by atoms with E-state index in [-0.39, 0.29) is 0 Å². The first-order chi connectivity index (χ1) is 9.29. The molecule has 0 saturated heterocycles. The number of hydrogen-bond donors (Lipinski definition) is 1. The maximum atomic E-state index is 4.44. The molecule has 1 aliphatic carbocycles. The fraction of sp³-hybridized carbons (Fsp3) is 0.375. The van der Waals surface area contributed by atoms with Gasteiger partial charge >= 0.3 is 0 Å². The molecule has 19 heavy (non-hydrogen) atoms. The van der Waals surface area contributed by atoms with E-state index < -0.39 is 0 Å². The summed E-state index contributed by atoms with van der Waals surface area (Å²) in [6, 6.07) is 9.27. The Balaban J connectivity index is 1.59. The molecule has 0 aliphatic heterocycles. The predicted molar refractivity (Wildman–Crippen MR) is 75.9 cm³/mol.